The molecule has 0 saturated carbocycles. The summed E-state index contributed by atoms with van der Waals surface area (Å²) in [5, 5.41) is 2.65. The molecule has 0 unspecified atom stereocenters. The van der Waals surface area contributed by atoms with E-state index in [0.717, 1.165) is 11.4 Å². The SMILES string of the molecule is CC1(C)c2ccccc2-c2ccc(-c3ccc(N(c4ccccc4)c4ccc(C5(C)c6ccccc6-c6ccccc65)c5c4sc4ccccc45)cc3)cc21. The fraction of sp³-hybridized carbons (Fsp3) is 0.0943. The molecule has 11 rings (SSSR count). The van der Waals surface area contributed by atoms with Crippen molar-refractivity contribution in [2.75, 3.05) is 4.90 Å². The number of anilines is 3. The molecule has 0 N–H and O–H groups in total. The van der Waals surface area contributed by atoms with Gasteiger partial charge in [0.1, 0.15) is 0 Å². The summed E-state index contributed by atoms with van der Waals surface area (Å²) in [4.78, 5) is 2.45. The van der Waals surface area contributed by atoms with E-state index < -0.39 is 0 Å². The van der Waals surface area contributed by atoms with Gasteiger partial charge in [-0.05, 0) is 111 Å². The number of hydrogen-bond acceptors (Lipinski definition) is 2. The zero-order chi connectivity index (χ0) is 36.9. The van der Waals surface area contributed by atoms with Crippen LogP contribution in [0.2, 0.25) is 0 Å². The summed E-state index contributed by atoms with van der Waals surface area (Å²) in [5.41, 5.74) is 17.9. The van der Waals surface area contributed by atoms with Crippen LogP contribution in [0.25, 0.3) is 53.6 Å². The van der Waals surface area contributed by atoms with Crippen molar-refractivity contribution in [1.29, 1.82) is 0 Å². The molecule has 0 amide bonds. The van der Waals surface area contributed by atoms with Crippen LogP contribution in [0.3, 0.4) is 0 Å². The molecule has 262 valence electrons. The normalized spacial score (nSPS) is 14.4. The number of thiophene rings is 1. The van der Waals surface area contributed by atoms with Gasteiger partial charge in [-0.1, -0.05) is 153 Å². The third kappa shape index (κ3) is 4.59. The smallest absolute Gasteiger partial charge is 0.0640 e. The van der Waals surface area contributed by atoms with Gasteiger partial charge in [-0.15, -0.1) is 11.3 Å². The first kappa shape index (κ1) is 32.2. The van der Waals surface area contributed by atoms with Gasteiger partial charge in [0.05, 0.1) is 10.4 Å². The first-order valence-electron chi connectivity index (χ1n) is 19.3. The van der Waals surface area contributed by atoms with Crippen LogP contribution in [0.1, 0.15) is 48.6 Å². The summed E-state index contributed by atoms with van der Waals surface area (Å²) in [7, 11) is 0. The molecular formula is C53H39NS. The van der Waals surface area contributed by atoms with Crippen LogP contribution < -0.4 is 4.90 Å². The lowest BCUT2D eigenvalue weighted by Gasteiger charge is -2.31. The van der Waals surface area contributed by atoms with Crippen LogP contribution in [-0.2, 0) is 10.8 Å². The van der Waals surface area contributed by atoms with Crippen LogP contribution in [0.15, 0.2) is 182 Å². The Kier molecular flexibility index (Phi) is 6.97. The average Bonchev–Trinajstić information content (AvgIpc) is 3.83. The van der Waals surface area contributed by atoms with Gasteiger partial charge >= 0.3 is 0 Å². The molecule has 1 heterocycles. The van der Waals surface area contributed by atoms with Gasteiger partial charge in [0.2, 0.25) is 0 Å². The molecule has 2 aliphatic carbocycles. The van der Waals surface area contributed by atoms with Gasteiger partial charge in [-0.25, -0.2) is 0 Å². The largest absolute Gasteiger partial charge is 0.309 e. The zero-order valence-electron chi connectivity index (χ0n) is 31.2. The molecule has 9 aromatic rings. The molecule has 0 fully saturated rings. The fourth-order valence-electron chi connectivity index (χ4n) is 9.84. The Bertz CT molecular complexity index is 2920. The van der Waals surface area contributed by atoms with Crippen LogP contribution in [0.4, 0.5) is 17.1 Å². The first-order chi connectivity index (χ1) is 26.9. The van der Waals surface area contributed by atoms with Crippen molar-refractivity contribution < 1.29 is 0 Å². The first-order valence-corrected chi connectivity index (χ1v) is 20.1. The van der Waals surface area contributed by atoms with Gasteiger partial charge < -0.3 is 4.90 Å². The van der Waals surface area contributed by atoms with Crippen LogP contribution in [0.5, 0.6) is 0 Å². The second-order valence-electron chi connectivity index (χ2n) is 15.8. The summed E-state index contributed by atoms with van der Waals surface area (Å²) in [6.07, 6.45) is 0. The van der Waals surface area contributed by atoms with Crippen molar-refractivity contribution in [2.24, 2.45) is 0 Å². The van der Waals surface area contributed by atoms with Gasteiger partial charge in [0.25, 0.3) is 0 Å². The van der Waals surface area contributed by atoms with Gasteiger partial charge in [0, 0.05) is 37.7 Å². The highest BCUT2D eigenvalue weighted by Gasteiger charge is 2.42. The lowest BCUT2D eigenvalue weighted by Crippen LogP contribution is -2.23. The summed E-state index contributed by atoms with van der Waals surface area (Å²) in [6, 6.07) is 67.7. The number of nitrogens with zero attached hydrogens (tertiary/aromatic N) is 1. The molecule has 0 aliphatic heterocycles. The minimum absolute atomic E-state index is 0.0342. The predicted octanol–water partition coefficient (Wildman–Crippen LogP) is 14.8. The minimum atomic E-state index is -0.307. The Morgan fingerprint density at radius 1 is 0.418 bits per heavy atom. The molecule has 0 radical (unpaired) electrons. The second kappa shape index (κ2) is 11.9. The maximum atomic E-state index is 2.45. The number of fused-ring (bicyclic) bond motifs is 9. The van der Waals surface area contributed by atoms with E-state index in [4.69, 9.17) is 0 Å². The zero-order valence-corrected chi connectivity index (χ0v) is 32.0. The Labute approximate surface area is 326 Å². The molecule has 0 atom stereocenters. The Balaban J connectivity index is 1.08. The highest BCUT2D eigenvalue weighted by molar-refractivity contribution is 7.26. The Morgan fingerprint density at radius 3 is 1.67 bits per heavy atom. The number of hydrogen-bond donors (Lipinski definition) is 0. The van der Waals surface area contributed by atoms with Gasteiger partial charge in [-0.2, -0.15) is 0 Å². The molecule has 55 heavy (non-hydrogen) atoms. The summed E-state index contributed by atoms with van der Waals surface area (Å²) in [6.45, 7) is 7.14. The highest BCUT2D eigenvalue weighted by atomic mass is 32.1. The van der Waals surface area contributed by atoms with Crippen LogP contribution >= 0.6 is 11.3 Å². The van der Waals surface area contributed by atoms with E-state index in [9.17, 15) is 0 Å². The molecule has 0 bridgehead atoms. The van der Waals surface area contributed by atoms with E-state index in [-0.39, 0.29) is 10.8 Å². The second-order valence-corrected chi connectivity index (χ2v) is 16.9. The highest BCUT2D eigenvalue weighted by Crippen LogP contribution is 2.57. The summed E-state index contributed by atoms with van der Waals surface area (Å²) < 4.78 is 2.61. The third-order valence-electron chi connectivity index (χ3n) is 12.6. The Hall–Kier alpha value is -6.22. The average molecular weight is 722 g/mol. The van der Waals surface area contributed by atoms with E-state index in [2.05, 4.69) is 208 Å². The quantitative estimate of drug-likeness (QED) is 0.171. The van der Waals surface area contributed by atoms with Crippen LogP contribution in [0, 0.1) is 0 Å². The molecular weight excluding hydrogens is 683 g/mol. The van der Waals surface area contributed by atoms with Crippen molar-refractivity contribution in [1.82, 2.24) is 0 Å². The maximum absolute atomic E-state index is 2.45. The van der Waals surface area contributed by atoms with Crippen molar-refractivity contribution in [3.8, 4) is 33.4 Å². The lowest BCUT2D eigenvalue weighted by molar-refractivity contribution is 0.660. The Morgan fingerprint density at radius 2 is 0.964 bits per heavy atom. The minimum Gasteiger partial charge on any atom is -0.309 e. The molecule has 8 aromatic carbocycles. The fourth-order valence-corrected chi connectivity index (χ4v) is 11.1. The topological polar surface area (TPSA) is 3.24 Å². The molecule has 2 aliphatic rings. The summed E-state index contributed by atoms with van der Waals surface area (Å²) >= 11 is 1.90. The summed E-state index contributed by atoms with van der Waals surface area (Å²) in [5.74, 6) is 0. The predicted molar refractivity (Wildman–Crippen MR) is 234 cm³/mol. The third-order valence-corrected chi connectivity index (χ3v) is 13.8. The van der Waals surface area contributed by atoms with E-state index in [1.807, 2.05) is 11.3 Å². The number of benzene rings is 8. The molecule has 0 saturated heterocycles. The van der Waals surface area contributed by atoms with Crippen LogP contribution in [-0.4, -0.2) is 0 Å². The van der Waals surface area contributed by atoms with Gasteiger partial charge in [-0.3, -0.25) is 0 Å². The monoisotopic (exact) mass is 721 g/mol. The van der Waals surface area contributed by atoms with E-state index in [0.29, 0.717) is 0 Å². The van der Waals surface area contributed by atoms with E-state index >= 15 is 0 Å². The van der Waals surface area contributed by atoms with Crippen molar-refractivity contribution in [3.63, 3.8) is 0 Å². The number of para-hydroxylation sites is 1. The van der Waals surface area contributed by atoms with E-state index in [1.165, 1.54) is 87.1 Å². The standard InChI is InChI=1S/C53H39NS/c1-52(2)43-21-11-7-17-38(43)41-30-27-35(33-47(41)52)34-25-28-37(29-26-34)54(36-15-5-4-6-16-36)48-32-31-46(50-42-20-10-14-24-49(42)55-51(48)50)53(3)44-22-12-8-18-39(44)40-19-9-13-23-45(40)53/h4-33H,1-3H3. The van der Waals surface area contributed by atoms with E-state index in [1.54, 1.807) is 0 Å². The van der Waals surface area contributed by atoms with Crippen molar-refractivity contribution in [3.05, 3.63) is 210 Å². The van der Waals surface area contributed by atoms with Gasteiger partial charge in [0.15, 0.2) is 0 Å². The maximum Gasteiger partial charge on any atom is 0.0640 e. The number of rotatable bonds is 5. The molecule has 0 spiro atoms. The van der Waals surface area contributed by atoms with Crippen molar-refractivity contribution in [2.45, 2.75) is 31.6 Å². The molecule has 1 nitrogen and oxygen atoms in total. The lowest BCUT2D eigenvalue weighted by atomic mass is 9.72. The molecule has 2 heteroatoms. The van der Waals surface area contributed by atoms with Crippen molar-refractivity contribution >= 4 is 48.6 Å². The molecule has 1 aromatic heterocycles.